The predicted octanol–water partition coefficient (Wildman–Crippen LogP) is 3.40. The molecule has 19 heavy (non-hydrogen) atoms. The molecule has 4 heteroatoms. The number of carbonyl (C=O) groups excluding carboxylic acids is 1. The minimum absolute atomic E-state index is 0.0711. The van der Waals surface area contributed by atoms with Crippen LogP contribution in [0, 0.1) is 16.0 Å². The fourth-order valence-corrected chi connectivity index (χ4v) is 2.51. The highest BCUT2D eigenvalue weighted by Gasteiger charge is 2.31. The van der Waals surface area contributed by atoms with E-state index >= 15 is 0 Å². The van der Waals surface area contributed by atoms with Crippen LogP contribution in [0.15, 0.2) is 47.6 Å². The van der Waals surface area contributed by atoms with Crippen LogP contribution in [-0.4, -0.2) is 11.2 Å². The summed E-state index contributed by atoms with van der Waals surface area (Å²) in [6, 6.07) is 6.63. The second-order valence-corrected chi connectivity index (χ2v) is 4.78. The van der Waals surface area contributed by atoms with Gasteiger partial charge in [0.15, 0.2) is 0 Å². The molecular formula is C15H15NO3. The van der Waals surface area contributed by atoms with Crippen LogP contribution < -0.4 is 0 Å². The highest BCUT2D eigenvalue weighted by atomic mass is 16.6. The number of rotatable bonds is 3. The third-order valence-corrected chi connectivity index (χ3v) is 3.72. The van der Waals surface area contributed by atoms with Crippen molar-refractivity contribution in [3.05, 3.63) is 63.2 Å². The summed E-state index contributed by atoms with van der Waals surface area (Å²) in [5, 5.41) is 11.1. The lowest BCUT2D eigenvalue weighted by Crippen LogP contribution is -2.18. The zero-order valence-electron chi connectivity index (χ0n) is 10.9. The molecule has 0 saturated heterocycles. The highest BCUT2D eigenvalue weighted by molar-refractivity contribution is 5.78. The van der Waals surface area contributed by atoms with E-state index in [-0.39, 0.29) is 17.5 Å². The molecule has 2 atom stereocenters. The summed E-state index contributed by atoms with van der Waals surface area (Å²) in [4.78, 5) is 21.9. The van der Waals surface area contributed by atoms with Crippen LogP contribution in [0.1, 0.15) is 25.3 Å². The number of hydrogen-bond donors (Lipinski definition) is 0. The van der Waals surface area contributed by atoms with E-state index in [0.717, 1.165) is 11.9 Å². The second kappa shape index (κ2) is 5.18. The Hall–Kier alpha value is -2.23. The zero-order chi connectivity index (χ0) is 14.0. The Kier molecular flexibility index (Phi) is 3.60. The van der Waals surface area contributed by atoms with E-state index < -0.39 is 4.92 Å². The van der Waals surface area contributed by atoms with Crippen molar-refractivity contribution in [2.45, 2.75) is 19.8 Å². The molecule has 0 spiro atoms. The van der Waals surface area contributed by atoms with Gasteiger partial charge in [-0.3, -0.25) is 14.9 Å². The van der Waals surface area contributed by atoms with E-state index in [0.29, 0.717) is 11.1 Å². The normalized spacial score (nSPS) is 22.4. The summed E-state index contributed by atoms with van der Waals surface area (Å²) in [7, 11) is 0. The molecule has 2 rings (SSSR count). The van der Waals surface area contributed by atoms with Gasteiger partial charge in [0.1, 0.15) is 6.29 Å². The molecule has 1 aliphatic carbocycles. The maximum Gasteiger partial charge on any atom is 0.273 e. The Morgan fingerprint density at radius 1 is 1.26 bits per heavy atom. The monoisotopic (exact) mass is 257 g/mol. The number of allylic oxidation sites excluding steroid dienone is 4. The van der Waals surface area contributed by atoms with Gasteiger partial charge in [-0.2, -0.15) is 0 Å². The summed E-state index contributed by atoms with van der Waals surface area (Å²) in [6.45, 7) is 3.97. The predicted molar refractivity (Wildman–Crippen MR) is 72.9 cm³/mol. The lowest BCUT2D eigenvalue weighted by atomic mass is 9.75. The molecule has 0 fully saturated rings. The number of nitrogens with zero attached hydrogens (tertiary/aromatic N) is 1. The first-order valence-corrected chi connectivity index (χ1v) is 6.13. The molecule has 0 heterocycles. The summed E-state index contributed by atoms with van der Waals surface area (Å²) in [5.74, 6) is -0.171. The lowest BCUT2D eigenvalue weighted by Gasteiger charge is -2.28. The number of carbonyl (C=O) groups is 1. The van der Waals surface area contributed by atoms with E-state index in [9.17, 15) is 14.9 Å². The van der Waals surface area contributed by atoms with Gasteiger partial charge in [-0.1, -0.05) is 42.8 Å². The van der Waals surface area contributed by atoms with Crippen LogP contribution in [-0.2, 0) is 4.79 Å². The van der Waals surface area contributed by atoms with Gasteiger partial charge in [0.05, 0.1) is 4.92 Å². The number of hydrogen-bond acceptors (Lipinski definition) is 3. The Morgan fingerprint density at radius 3 is 2.58 bits per heavy atom. The maximum atomic E-state index is 11.2. The third kappa shape index (κ3) is 2.34. The molecule has 4 nitrogen and oxygen atoms in total. The summed E-state index contributed by atoms with van der Waals surface area (Å²) in [6.07, 6.45) is 4.45. The molecule has 1 aliphatic rings. The summed E-state index contributed by atoms with van der Waals surface area (Å²) in [5.41, 5.74) is 2.38. The van der Waals surface area contributed by atoms with Crippen LogP contribution in [0.3, 0.4) is 0 Å². The van der Waals surface area contributed by atoms with Crippen molar-refractivity contribution in [2.75, 3.05) is 0 Å². The minimum atomic E-state index is -0.391. The Morgan fingerprint density at radius 2 is 1.95 bits per heavy atom. The number of nitro benzene ring substituents is 1. The molecule has 1 aromatic rings. The lowest BCUT2D eigenvalue weighted by molar-refractivity contribution is -0.385. The smallest absolute Gasteiger partial charge is 0.273 e. The van der Waals surface area contributed by atoms with E-state index in [1.165, 1.54) is 6.07 Å². The molecule has 98 valence electrons. The highest BCUT2D eigenvalue weighted by Crippen LogP contribution is 2.41. The second-order valence-electron chi connectivity index (χ2n) is 4.78. The van der Waals surface area contributed by atoms with E-state index in [4.69, 9.17) is 0 Å². The van der Waals surface area contributed by atoms with Gasteiger partial charge >= 0.3 is 0 Å². The van der Waals surface area contributed by atoms with Crippen LogP contribution >= 0.6 is 0 Å². The van der Waals surface area contributed by atoms with Crippen LogP contribution in [0.2, 0.25) is 0 Å². The Balaban J connectivity index is 2.57. The molecule has 0 radical (unpaired) electrons. The van der Waals surface area contributed by atoms with Gasteiger partial charge < -0.3 is 0 Å². The van der Waals surface area contributed by atoms with Crippen molar-refractivity contribution in [1.29, 1.82) is 0 Å². The molecular weight excluding hydrogens is 242 g/mol. The molecule has 0 aliphatic heterocycles. The van der Waals surface area contributed by atoms with Gasteiger partial charge in [-0.15, -0.1) is 0 Å². The topological polar surface area (TPSA) is 60.2 Å². The number of nitro groups is 1. The van der Waals surface area contributed by atoms with Crippen molar-refractivity contribution in [3.63, 3.8) is 0 Å². The number of benzene rings is 1. The Labute approximate surface area is 111 Å². The van der Waals surface area contributed by atoms with Crippen LogP contribution in [0.25, 0.3) is 0 Å². The van der Waals surface area contributed by atoms with Crippen molar-refractivity contribution in [2.24, 2.45) is 5.92 Å². The van der Waals surface area contributed by atoms with Gasteiger partial charge in [0.2, 0.25) is 0 Å². The fraction of sp³-hybridized carbons (Fsp3) is 0.267. The maximum absolute atomic E-state index is 11.2. The average molecular weight is 257 g/mol. The SMILES string of the molecule is CC1=CC=C(C=O)[C@H](c2ccccc2[N+](=O)[O-])C1C. The molecule has 0 N–H and O–H groups in total. The standard InChI is InChI=1S/C15H15NO3/c1-10-7-8-12(9-17)15(11(10)2)13-5-3-4-6-14(13)16(18)19/h3-9,11,15H,1-2H3/t11?,15-/m1/s1. The summed E-state index contributed by atoms with van der Waals surface area (Å²) >= 11 is 0. The van der Waals surface area contributed by atoms with E-state index in [1.807, 2.05) is 19.9 Å². The summed E-state index contributed by atoms with van der Waals surface area (Å²) < 4.78 is 0. The van der Waals surface area contributed by atoms with Gasteiger partial charge in [-0.05, 0) is 12.8 Å². The van der Waals surface area contributed by atoms with Crippen LogP contribution in [0.5, 0.6) is 0 Å². The minimum Gasteiger partial charge on any atom is -0.298 e. The van der Waals surface area contributed by atoms with Crippen molar-refractivity contribution >= 4 is 12.0 Å². The molecule has 1 unspecified atom stereocenters. The van der Waals surface area contributed by atoms with Gasteiger partial charge in [-0.25, -0.2) is 0 Å². The quantitative estimate of drug-likeness (QED) is 0.473. The number of para-hydroxylation sites is 1. The van der Waals surface area contributed by atoms with Crippen LogP contribution in [0.4, 0.5) is 5.69 Å². The first-order valence-electron chi connectivity index (χ1n) is 6.13. The van der Waals surface area contributed by atoms with Gasteiger partial charge in [0, 0.05) is 23.1 Å². The Bertz CT molecular complexity index is 587. The first kappa shape index (κ1) is 13.2. The van der Waals surface area contributed by atoms with E-state index in [1.54, 1.807) is 24.3 Å². The zero-order valence-corrected chi connectivity index (χ0v) is 10.9. The number of aldehydes is 1. The molecule has 0 saturated carbocycles. The average Bonchev–Trinajstić information content (AvgIpc) is 2.41. The van der Waals surface area contributed by atoms with Gasteiger partial charge in [0.25, 0.3) is 5.69 Å². The molecule has 1 aromatic carbocycles. The molecule has 0 amide bonds. The third-order valence-electron chi connectivity index (χ3n) is 3.72. The molecule has 0 bridgehead atoms. The van der Waals surface area contributed by atoms with Crippen molar-refractivity contribution in [3.8, 4) is 0 Å². The fourth-order valence-electron chi connectivity index (χ4n) is 2.51. The largest absolute Gasteiger partial charge is 0.298 e. The molecule has 0 aromatic heterocycles. The van der Waals surface area contributed by atoms with Crippen molar-refractivity contribution in [1.82, 2.24) is 0 Å². The van der Waals surface area contributed by atoms with Crippen molar-refractivity contribution < 1.29 is 9.72 Å². The van der Waals surface area contributed by atoms with E-state index in [2.05, 4.69) is 0 Å². The first-order chi connectivity index (χ1) is 9.06.